The van der Waals surface area contributed by atoms with E-state index in [-0.39, 0.29) is 24.2 Å². The first-order chi connectivity index (χ1) is 16.8. The van der Waals surface area contributed by atoms with Crippen molar-refractivity contribution < 1.29 is 23.9 Å². The number of rotatable bonds is 7. The predicted octanol–water partition coefficient (Wildman–Crippen LogP) is 2.74. The first-order valence-electron chi connectivity index (χ1n) is 11.1. The van der Waals surface area contributed by atoms with Crippen molar-refractivity contribution in [2.75, 3.05) is 6.61 Å². The highest BCUT2D eigenvalue weighted by Crippen LogP contribution is 2.26. The Balaban J connectivity index is 1.45. The summed E-state index contributed by atoms with van der Waals surface area (Å²) in [5.74, 6) is -1.84. The molecule has 0 bridgehead atoms. The van der Waals surface area contributed by atoms with E-state index in [1.54, 1.807) is 60.7 Å². The van der Waals surface area contributed by atoms with Crippen molar-refractivity contribution in [3.05, 3.63) is 101 Å². The Morgan fingerprint density at radius 2 is 1.40 bits per heavy atom. The molecule has 0 radical (unpaired) electrons. The quantitative estimate of drug-likeness (QED) is 0.407. The van der Waals surface area contributed by atoms with Gasteiger partial charge in [0.2, 0.25) is 0 Å². The number of hydrazine groups is 1. The minimum Gasteiger partial charge on any atom is -0.484 e. The van der Waals surface area contributed by atoms with E-state index in [4.69, 9.17) is 4.74 Å². The molecule has 178 valence electrons. The van der Waals surface area contributed by atoms with Gasteiger partial charge < -0.3 is 4.74 Å². The van der Waals surface area contributed by atoms with Gasteiger partial charge in [-0.2, -0.15) is 0 Å². The highest BCUT2D eigenvalue weighted by Gasteiger charge is 2.42. The Bertz CT molecular complexity index is 1230. The van der Waals surface area contributed by atoms with Gasteiger partial charge in [-0.3, -0.25) is 34.9 Å². The zero-order chi connectivity index (χ0) is 24.9. The van der Waals surface area contributed by atoms with Crippen molar-refractivity contribution in [2.45, 2.75) is 26.3 Å². The van der Waals surface area contributed by atoms with Crippen LogP contribution in [0.25, 0.3) is 0 Å². The monoisotopic (exact) mass is 471 g/mol. The zero-order valence-corrected chi connectivity index (χ0v) is 19.4. The van der Waals surface area contributed by atoms with Crippen LogP contribution in [0.3, 0.4) is 0 Å². The molecule has 4 rings (SSSR count). The van der Waals surface area contributed by atoms with Crippen LogP contribution in [0.4, 0.5) is 0 Å². The number of carbonyl (C=O) groups is 4. The summed E-state index contributed by atoms with van der Waals surface area (Å²) in [6.45, 7) is 3.53. The molecule has 1 atom stereocenters. The summed E-state index contributed by atoms with van der Waals surface area (Å²) in [6.07, 6.45) is 0.0904. The second-order valence-corrected chi connectivity index (χ2v) is 8.38. The fourth-order valence-electron chi connectivity index (χ4n) is 4.05. The number of fused-ring (bicyclic) bond motifs is 1. The summed E-state index contributed by atoms with van der Waals surface area (Å²) >= 11 is 0. The van der Waals surface area contributed by atoms with Gasteiger partial charge in [0, 0.05) is 6.42 Å². The summed E-state index contributed by atoms with van der Waals surface area (Å²) in [5, 5.41) is 0. The molecule has 3 aromatic rings. The van der Waals surface area contributed by atoms with Crippen molar-refractivity contribution >= 4 is 23.6 Å². The topological polar surface area (TPSA) is 105 Å². The number of nitrogens with zero attached hydrogens (tertiary/aromatic N) is 1. The molecule has 0 saturated carbocycles. The average Bonchev–Trinajstić information content (AvgIpc) is 3.10. The summed E-state index contributed by atoms with van der Waals surface area (Å²) in [4.78, 5) is 52.4. The zero-order valence-electron chi connectivity index (χ0n) is 19.4. The molecule has 0 aliphatic carbocycles. The predicted molar refractivity (Wildman–Crippen MR) is 129 cm³/mol. The number of amides is 4. The minimum absolute atomic E-state index is 0.0904. The van der Waals surface area contributed by atoms with Crippen molar-refractivity contribution in [1.29, 1.82) is 0 Å². The summed E-state index contributed by atoms with van der Waals surface area (Å²) in [7, 11) is 0. The smallest absolute Gasteiger partial charge is 0.276 e. The molecule has 0 unspecified atom stereocenters. The second-order valence-electron chi connectivity index (χ2n) is 8.38. The van der Waals surface area contributed by atoms with Crippen molar-refractivity contribution in [2.24, 2.45) is 0 Å². The molecule has 4 amide bonds. The molecule has 1 aliphatic heterocycles. The molecular weight excluding hydrogens is 446 g/mol. The average molecular weight is 472 g/mol. The number of nitrogens with one attached hydrogen (secondary N) is 2. The molecule has 8 heteroatoms. The van der Waals surface area contributed by atoms with Gasteiger partial charge in [0.25, 0.3) is 23.6 Å². The first kappa shape index (κ1) is 23.7. The van der Waals surface area contributed by atoms with Crippen LogP contribution in [-0.2, 0) is 16.0 Å². The van der Waals surface area contributed by atoms with Gasteiger partial charge in [-0.05, 0) is 54.8 Å². The number of hydrogen-bond donors (Lipinski definition) is 2. The van der Waals surface area contributed by atoms with E-state index in [1.807, 2.05) is 26.0 Å². The fourth-order valence-corrected chi connectivity index (χ4v) is 4.05. The molecule has 8 nitrogen and oxygen atoms in total. The fraction of sp³-hybridized carbons (Fsp3) is 0.185. The van der Waals surface area contributed by atoms with Gasteiger partial charge in [0.15, 0.2) is 6.61 Å². The van der Waals surface area contributed by atoms with Gasteiger partial charge in [-0.25, -0.2) is 0 Å². The SMILES string of the molecule is Cc1cc(C)cc(OCC(=O)NNC(=O)[C@@H](Cc2ccccc2)N2C(=O)c3ccccc3C2=O)c1. The van der Waals surface area contributed by atoms with Gasteiger partial charge in [0.1, 0.15) is 11.8 Å². The number of aryl methyl sites for hydroxylation is 2. The maximum atomic E-state index is 13.1. The van der Waals surface area contributed by atoms with E-state index >= 15 is 0 Å². The van der Waals surface area contributed by atoms with Crippen molar-refractivity contribution in [3.63, 3.8) is 0 Å². The van der Waals surface area contributed by atoms with Crippen LogP contribution in [0.5, 0.6) is 5.75 Å². The lowest BCUT2D eigenvalue weighted by Crippen LogP contribution is -2.55. The van der Waals surface area contributed by atoms with Crippen molar-refractivity contribution in [1.82, 2.24) is 15.8 Å². The van der Waals surface area contributed by atoms with Gasteiger partial charge in [0.05, 0.1) is 11.1 Å². The van der Waals surface area contributed by atoms with Crippen LogP contribution in [0, 0.1) is 13.8 Å². The van der Waals surface area contributed by atoms with Crippen LogP contribution >= 0.6 is 0 Å². The molecule has 0 spiro atoms. The molecule has 3 aromatic carbocycles. The third kappa shape index (κ3) is 5.38. The van der Waals surface area contributed by atoms with E-state index in [1.165, 1.54) is 0 Å². The molecule has 0 aromatic heterocycles. The van der Waals surface area contributed by atoms with Crippen LogP contribution in [0.15, 0.2) is 72.8 Å². The number of imide groups is 1. The summed E-state index contributed by atoms with van der Waals surface area (Å²) < 4.78 is 5.51. The normalized spacial score (nSPS) is 13.3. The number of ether oxygens (including phenoxy) is 1. The standard InChI is InChI=1S/C27H25N3O5/c1-17-12-18(2)14-20(13-17)35-16-24(31)28-29-25(32)23(15-19-8-4-3-5-9-19)30-26(33)21-10-6-7-11-22(21)27(30)34/h3-14,23H,15-16H2,1-2H3,(H,28,31)(H,29,32)/t23-/m1/s1. The van der Waals surface area contributed by atoms with Gasteiger partial charge >= 0.3 is 0 Å². The Morgan fingerprint density at radius 1 is 0.829 bits per heavy atom. The molecule has 1 aliphatic rings. The summed E-state index contributed by atoms with van der Waals surface area (Å²) in [6, 6.07) is 19.9. The minimum atomic E-state index is -1.16. The van der Waals surface area contributed by atoms with Crippen molar-refractivity contribution in [3.8, 4) is 5.75 Å². The highest BCUT2D eigenvalue weighted by atomic mass is 16.5. The van der Waals surface area contributed by atoms with Crippen LogP contribution in [-0.4, -0.2) is 41.2 Å². The lowest BCUT2D eigenvalue weighted by atomic mass is 10.0. The lowest BCUT2D eigenvalue weighted by molar-refractivity contribution is -0.132. The molecule has 1 heterocycles. The second kappa shape index (κ2) is 10.2. The van der Waals surface area contributed by atoms with E-state index < -0.39 is 29.7 Å². The third-order valence-corrected chi connectivity index (χ3v) is 5.60. The van der Waals surface area contributed by atoms with E-state index in [0.29, 0.717) is 5.75 Å². The molecule has 35 heavy (non-hydrogen) atoms. The lowest BCUT2D eigenvalue weighted by Gasteiger charge is -2.25. The highest BCUT2D eigenvalue weighted by molar-refractivity contribution is 6.22. The number of hydrogen-bond acceptors (Lipinski definition) is 5. The van der Waals surface area contributed by atoms with Gasteiger partial charge in [-0.15, -0.1) is 0 Å². The molecule has 0 fully saturated rings. The Labute approximate surface area is 202 Å². The molecular formula is C27H25N3O5. The maximum absolute atomic E-state index is 13.1. The molecule has 2 N–H and O–H groups in total. The Kier molecular flexibility index (Phi) is 6.91. The third-order valence-electron chi connectivity index (χ3n) is 5.60. The summed E-state index contributed by atoms with van der Waals surface area (Å²) in [5.41, 5.74) is 7.90. The largest absolute Gasteiger partial charge is 0.484 e. The van der Waals surface area contributed by atoms with Crippen LogP contribution in [0.1, 0.15) is 37.4 Å². The molecule has 0 saturated heterocycles. The Morgan fingerprint density at radius 3 is 2.00 bits per heavy atom. The Hall–Kier alpha value is -4.46. The van der Waals surface area contributed by atoms with E-state index in [9.17, 15) is 19.2 Å². The maximum Gasteiger partial charge on any atom is 0.276 e. The van der Waals surface area contributed by atoms with Gasteiger partial charge in [-0.1, -0.05) is 48.5 Å². The van der Waals surface area contributed by atoms with E-state index in [0.717, 1.165) is 21.6 Å². The van der Waals surface area contributed by atoms with Crippen LogP contribution < -0.4 is 15.6 Å². The number of benzene rings is 3. The van der Waals surface area contributed by atoms with E-state index in [2.05, 4.69) is 10.9 Å². The number of carbonyl (C=O) groups excluding carboxylic acids is 4. The first-order valence-corrected chi connectivity index (χ1v) is 11.1. The van der Waals surface area contributed by atoms with Crippen LogP contribution in [0.2, 0.25) is 0 Å².